The van der Waals surface area contributed by atoms with E-state index in [1.54, 1.807) is 0 Å². The van der Waals surface area contributed by atoms with Crippen LogP contribution in [0.5, 0.6) is 0 Å². The summed E-state index contributed by atoms with van der Waals surface area (Å²) in [6.45, 7) is 0. The third kappa shape index (κ3) is 4.93. The molecule has 8 aromatic carbocycles. The van der Waals surface area contributed by atoms with Crippen LogP contribution < -0.4 is 4.90 Å². The van der Waals surface area contributed by atoms with Gasteiger partial charge in [-0.25, -0.2) is 0 Å². The molecule has 0 bridgehead atoms. The summed E-state index contributed by atoms with van der Waals surface area (Å²) in [5.41, 5.74) is 13.1. The number of benzene rings is 7. The maximum absolute atomic E-state index is 6.10. The molecular formula is C48H30N2O. The fraction of sp³-hybridized carbons (Fsp3) is 0. The van der Waals surface area contributed by atoms with E-state index < -0.39 is 0 Å². The van der Waals surface area contributed by atoms with Crippen molar-refractivity contribution in [3.8, 4) is 27.9 Å². The van der Waals surface area contributed by atoms with Gasteiger partial charge in [-0.1, -0.05) is 115 Å². The van der Waals surface area contributed by atoms with Crippen LogP contribution in [0.3, 0.4) is 0 Å². The van der Waals surface area contributed by atoms with E-state index in [0.29, 0.717) is 0 Å². The van der Waals surface area contributed by atoms with Crippen LogP contribution in [0, 0.1) is 12.1 Å². The third-order valence-corrected chi connectivity index (χ3v) is 9.85. The Bertz CT molecular complexity index is 2790. The van der Waals surface area contributed by atoms with Crippen LogP contribution in [0.1, 0.15) is 0 Å². The van der Waals surface area contributed by atoms with Gasteiger partial charge in [0.1, 0.15) is 11.2 Å². The first-order chi connectivity index (χ1) is 25.3. The van der Waals surface area contributed by atoms with E-state index in [0.717, 1.165) is 72.2 Å². The Balaban J connectivity index is 1.09. The molecule has 0 saturated heterocycles. The van der Waals surface area contributed by atoms with E-state index in [1.165, 1.54) is 16.5 Å². The first-order valence-electron chi connectivity index (χ1n) is 17.2. The summed E-state index contributed by atoms with van der Waals surface area (Å²) in [5.74, 6) is 0. The highest BCUT2D eigenvalue weighted by molar-refractivity contribution is 6.09. The van der Waals surface area contributed by atoms with Crippen LogP contribution in [0.15, 0.2) is 186 Å². The Hall–Kier alpha value is -7.02. The molecule has 0 saturated carbocycles. The lowest BCUT2D eigenvalue weighted by Crippen LogP contribution is -2.10. The molecule has 0 fully saturated rings. The monoisotopic (exact) mass is 650 g/mol. The summed E-state index contributed by atoms with van der Waals surface area (Å²) in [6.07, 6.45) is 0. The zero-order valence-electron chi connectivity index (χ0n) is 27.6. The highest BCUT2D eigenvalue weighted by Gasteiger charge is 2.17. The lowest BCUT2D eigenvalue weighted by Gasteiger charge is -2.26. The van der Waals surface area contributed by atoms with Crippen molar-refractivity contribution >= 4 is 60.8 Å². The Morgan fingerprint density at radius 2 is 1.08 bits per heavy atom. The van der Waals surface area contributed by atoms with Gasteiger partial charge in [0.05, 0.1) is 16.4 Å². The zero-order valence-corrected chi connectivity index (χ0v) is 27.6. The van der Waals surface area contributed by atoms with Gasteiger partial charge < -0.3 is 13.9 Å². The summed E-state index contributed by atoms with van der Waals surface area (Å²) >= 11 is 0. The standard InChI is InChI=1S/C48H30N2O/c1-2-11-33(12-3-1)34-21-26-37(27-22-34)49(38-28-23-35(24-29-38)36-25-30-48-44(31-36)43-17-6-9-20-47(43)51-48)39-13-10-14-40(32-39)50-45-18-7-4-15-41(45)42-16-5-8-19-46(42)50/h1-4,6-15,17-32H. The van der Waals surface area contributed by atoms with Gasteiger partial charge in [0.15, 0.2) is 0 Å². The Morgan fingerprint density at radius 3 is 1.88 bits per heavy atom. The van der Waals surface area contributed by atoms with E-state index in [1.807, 2.05) is 18.2 Å². The minimum atomic E-state index is 0.904. The van der Waals surface area contributed by atoms with Gasteiger partial charge in [-0.15, -0.1) is 0 Å². The fourth-order valence-corrected chi connectivity index (χ4v) is 7.42. The quantitative estimate of drug-likeness (QED) is 0.179. The first kappa shape index (κ1) is 28.9. The van der Waals surface area contributed by atoms with Crippen molar-refractivity contribution in [2.45, 2.75) is 0 Å². The highest BCUT2D eigenvalue weighted by atomic mass is 16.3. The van der Waals surface area contributed by atoms with Crippen molar-refractivity contribution in [2.75, 3.05) is 4.90 Å². The Labute approximate surface area is 295 Å². The first-order valence-corrected chi connectivity index (χ1v) is 17.2. The molecule has 0 aliphatic rings. The molecule has 10 rings (SSSR count). The summed E-state index contributed by atoms with van der Waals surface area (Å²) < 4.78 is 8.43. The van der Waals surface area contributed by atoms with Gasteiger partial charge in [-0.2, -0.15) is 0 Å². The molecule has 0 aliphatic heterocycles. The summed E-state index contributed by atoms with van der Waals surface area (Å²) in [7, 11) is 0. The van der Waals surface area contributed by atoms with Crippen LogP contribution in [-0.4, -0.2) is 4.57 Å². The molecule has 0 unspecified atom stereocenters. The molecule has 0 radical (unpaired) electrons. The highest BCUT2D eigenvalue weighted by Crippen LogP contribution is 2.40. The van der Waals surface area contributed by atoms with Crippen molar-refractivity contribution in [1.29, 1.82) is 0 Å². The number of nitrogens with zero attached hydrogens (tertiary/aromatic N) is 2. The predicted octanol–water partition coefficient (Wildman–Crippen LogP) is 13.1. The molecule has 0 spiro atoms. The molecular weight excluding hydrogens is 621 g/mol. The van der Waals surface area contributed by atoms with Gasteiger partial charge in [0.2, 0.25) is 0 Å². The molecule has 0 N–H and O–H groups in total. The summed E-state index contributed by atoms with van der Waals surface area (Å²) in [4.78, 5) is 2.34. The molecule has 238 valence electrons. The zero-order chi connectivity index (χ0) is 33.7. The Kier molecular flexibility index (Phi) is 6.72. The van der Waals surface area contributed by atoms with Crippen molar-refractivity contribution in [2.24, 2.45) is 0 Å². The normalized spacial score (nSPS) is 11.4. The molecule has 3 nitrogen and oxygen atoms in total. The second-order valence-corrected chi connectivity index (χ2v) is 12.8. The van der Waals surface area contributed by atoms with Crippen molar-refractivity contribution < 1.29 is 4.42 Å². The number of anilines is 3. The van der Waals surface area contributed by atoms with Gasteiger partial charge in [-0.3, -0.25) is 0 Å². The number of aromatic nitrogens is 1. The number of hydrogen-bond donors (Lipinski definition) is 0. The van der Waals surface area contributed by atoms with E-state index in [4.69, 9.17) is 4.42 Å². The molecule has 51 heavy (non-hydrogen) atoms. The number of hydrogen-bond acceptors (Lipinski definition) is 2. The molecule has 3 heteroatoms. The lowest BCUT2D eigenvalue weighted by atomic mass is 10.0. The number of fused-ring (bicyclic) bond motifs is 6. The van der Waals surface area contributed by atoms with E-state index >= 15 is 0 Å². The van der Waals surface area contributed by atoms with Crippen molar-refractivity contribution in [3.05, 3.63) is 194 Å². The average molecular weight is 651 g/mol. The third-order valence-electron chi connectivity index (χ3n) is 9.85. The molecule has 0 aliphatic carbocycles. The van der Waals surface area contributed by atoms with Gasteiger partial charge in [0, 0.05) is 38.9 Å². The largest absolute Gasteiger partial charge is 0.456 e. The maximum atomic E-state index is 6.10. The van der Waals surface area contributed by atoms with Crippen LogP contribution >= 0.6 is 0 Å². The number of rotatable bonds is 6. The van der Waals surface area contributed by atoms with Gasteiger partial charge >= 0.3 is 0 Å². The van der Waals surface area contributed by atoms with Crippen molar-refractivity contribution in [3.63, 3.8) is 0 Å². The van der Waals surface area contributed by atoms with Crippen LogP contribution in [0.2, 0.25) is 0 Å². The van der Waals surface area contributed by atoms with Crippen LogP contribution in [-0.2, 0) is 0 Å². The van der Waals surface area contributed by atoms with E-state index in [2.05, 4.69) is 185 Å². The summed E-state index contributed by atoms with van der Waals surface area (Å²) in [6, 6.07) is 70.8. The molecule has 0 amide bonds. The molecule has 2 aromatic heterocycles. The topological polar surface area (TPSA) is 21.3 Å². The van der Waals surface area contributed by atoms with Crippen LogP contribution in [0.4, 0.5) is 17.1 Å². The average Bonchev–Trinajstić information content (AvgIpc) is 3.75. The number of furan rings is 1. The second-order valence-electron chi connectivity index (χ2n) is 12.8. The molecule has 2 heterocycles. The number of para-hydroxylation sites is 2. The van der Waals surface area contributed by atoms with E-state index in [-0.39, 0.29) is 0 Å². The minimum absolute atomic E-state index is 0.904. The molecule has 10 aromatic rings. The van der Waals surface area contributed by atoms with Gasteiger partial charge in [-0.05, 0) is 101 Å². The van der Waals surface area contributed by atoms with Crippen LogP contribution in [0.25, 0.3) is 71.7 Å². The lowest BCUT2D eigenvalue weighted by molar-refractivity contribution is 0.669. The van der Waals surface area contributed by atoms with E-state index in [9.17, 15) is 0 Å². The SMILES string of the molecule is c1ccc2c(c#1)c1ccccc1n2-c1cccc(N(c2ccc(-c3ccccc3)cc2)c2ccc(-c3ccc4oc5ccccc5c4c3)cc2)c1. The minimum Gasteiger partial charge on any atom is -0.456 e. The fourth-order valence-electron chi connectivity index (χ4n) is 7.42. The van der Waals surface area contributed by atoms with Crippen molar-refractivity contribution in [1.82, 2.24) is 4.57 Å². The Morgan fingerprint density at radius 1 is 0.431 bits per heavy atom. The predicted molar refractivity (Wildman–Crippen MR) is 211 cm³/mol. The summed E-state index contributed by atoms with van der Waals surface area (Å²) in [5, 5.41) is 4.50. The van der Waals surface area contributed by atoms with Gasteiger partial charge in [0.25, 0.3) is 0 Å². The smallest absolute Gasteiger partial charge is 0.135 e. The maximum Gasteiger partial charge on any atom is 0.135 e. The molecule has 0 atom stereocenters. The second kappa shape index (κ2) is 11.8.